The third kappa shape index (κ3) is 6.71. The van der Waals surface area contributed by atoms with Gasteiger partial charge in [0.15, 0.2) is 5.82 Å². The summed E-state index contributed by atoms with van der Waals surface area (Å²) in [4.78, 5) is 61.3. The number of nitrogens with one attached hydrogen (secondary N) is 1. The van der Waals surface area contributed by atoms with Crippen LogP contribution in [0, 0.1) is 18.8 Å². The number of nitrogens with zero attached hydrogens (tertiary/aromatic N) is 9. The van der Waals surface area contributed by atoms with Crippen LogP contribution in [0.3, 0.4) is 0 Å². The zero-order valence-corrected chi connectivity index (χ0v) is 34.3. The number of benzene rings is 2. The van der Waals surface area contributed by atoms with Crippen LogP contribution in [0.15, 0.2) is 60.9 Å². The highest BCUT2D eigenvalue weighted by Crippen LogP contribution is 2.42. The summed E-state index contributed by atoms with van der Waals surface area (Å²) >= 11 is 1.64. The molecule has 0 radical (unpaired) electrons. The normalized spacial score (nSPS) is 20.2. The van der Waals surface area contributed by atoms with Gasteiger partial charge in [-0.15, -0.1) is 21.5 Å². The molecule has 0 saturated carbocycles. The van der Waals surface area contributed by atoms with Crippen LogP contribution in [-0.2, 0) is 39.5 Å². The van der Waals surface area contributed by atoms with E-state index in [2.05, 4.69) is 77.9 Å². The van der Waals surface area contributed by atoms with Crippen LogP contribution >= 0.6 is 11.3 Å². The van der Waals surface area contributed by atoms with Crippen LogP contribution in [0.25, 0.3) is 5.00 Å². The first kappa shape index (κ1) is 38.2. The quantitative estimate of drug-likeness (QED) is 0.182. The first-order valence-electron chi connectivity index (χ1n) is 20.4. The highest BCUT2D eigenvalue weighted by Gasteiger charge is 2.50. The van der Waals surface area contributed by atoms with E-state index in [1.165, 1.54) is 5.56 Å². The minimum absolute atomic E-state index is 0.0673. The smallest absolute Gasteiger partial charge is 0.264 e. The van der Waals surface area contributed by atoms with Gasteiger partial charge in [0.25, 0.3) is 11.8 Å². The molecule has 60 heavy (non-hydrogen) atoms. The zero-order chi connectivity index (χ0) is 41.1. The van der Waals surface area contributed by atoms with Gasteiger partial charge in [0, 0.05) is 64.0 Å². The van der Waals surface area contributed by atoms with Crippen molar-refractivity contribution in [2.45, 2.75) is 57.4 Å². The van der Waals surface area contributed by atoms with Gasteiger partial charge < -0.3 is 19.4 Å². The number of piperidine rings is 1. The summed E-state index contributed by atoms with van der Waals surface area (Å²) in [6.45, 7) is 8.82. The molecule has 1 unspecified atom stereocenters. The van der Waals surface area contributed by atoms with Gasteiger partial charge in [-0.05, 0) is 56.5 Å². The lowest BCUT2D eigenvalue weighted by Crippen LogP contribution is -2.64. The second-order valence-electron chi connectivity index (χ2n) is 16.4. The van der Waals surface area contributed by atoms with E-state index in [9.17, 15) is 19.2 Å². The Labute approximate surface area is 350 Å². The number of thiophene rings is 1. The Morgan fingerprint density at radius 1 is 0.950 bits per heavy atom. The molecule has 3 aromatic heterocycles. The summed E-state index contributed by atoms with van der Waals surface area (Å²) in [5.74, 6) is 6.52. The molecule has 4 amide bonds. The summed E-state index contributed by atoms with van der Waals surface area (Å²) < 4.78 is 10.2. The fraction of sp³-hybridized carbons (Fsp3) is 0.386. The van der Waals surface area contributed by atoms with Crippen molar-refractivity contribution in [3.8, 4) is 16.8 Å². The van der Waals surface area contributed by atoms with E-state index in [1.807, 2.05) is 36.1 Å². The zero-order valence-electron chi connectivity index (χ0n) is 33.5. The van der Waals surface area contributed by atoms with Gasteiger partial charge in [0.05, 0.1) is 45.6 Å². The number of anilines is 1. The monoisotopic (exact) mass is 824 g/mol. The standard InChI is InChI=1S/C44H44N10O5S/c1-28-47-48-37-25-59-24-33-32(21-29-7-4-3-5-8-29)36(60-43(33)53(28)37)13-11-30-22-45-52(23-30)44(15-16-50-19-17-49(2)18-20-50)26-51(27-44)34-10-6-9-31-39(34)42(58)54(41(31)57)35-12-14-38(55)46-40(35)56/h3-10,22-23,35H,12,14-21,24-27H2,1-2H3,(H,46,55,56). The Hall–Kier alpha value is -5.99. The van der Waals surface area contributed by atoms with Gasteiger partial charge in [-0.2, -0.15) is 5.10 Å². The van der Waals surface area contributed by atoms with E-state index in [0.29, 0.717) is 44.0 Å². The molecule has 10 rings (SSSR count). The summed E-state index contributed by atoms with van der Waals surface area (Å²) in [6, 6.07) is 14.7. The number of amides is 4. The number of aromatic nitrogens is 5. The van der Waals surface area contributed by atoms with Gasteiger partial charge in [-0.25, -0.2) is 0 Å². The Morgan fingerprint density at radius 2 is 1.77 bits per heavy atom. The van der Waals surface area contributed by atoms with E-state index < -0.39 is 35.2 Å². The molecular formula is C44H44N10O5S. The molecule has 306 valence electrons. The van der Waals surface area contributed by atoms with Crippen molar-refractivity contribution in [3.63, 3.8) is 0 Å². The van der Waals surface area contributed by atoms with Crippen molar-refractivity contribution in [2.24, 2.45) is 0 Å². The number of piperazine rings is 1. The predicted molar refractivity (Wildman–Crippen MR) is 222 cm³/mol. The molecule has 5 aromatic rings. The van der Waals surface area contributed by atoms with Crippen LogP contribution in [0.4, 0.5) is 5.69 Å². The molecular weight excluding hydrogens is 781 g/mol. The van der Waals surface area contributed by atoms with Gasteiger partial charge in [-0.3, -0.25) is 38.6 Å². The van der Waals surface area contributed by atoms with Crippen molar-refractivity contribution in [1.82, 2.24) is 44.6 Å². The Balaban J connectivity index is 0.953. The SMILES string of the molecule is Cc1nnc2n1-c1sc(C#Cc3cnn(C4(CCN5CCN(C)CC5)CN(c5cccc6c5C(=O)N(C5CCC(=O)NC5=O)C6=O)C4)c3)c(Cc3ccccc3)c1COC2. The maximum Gasteiger partial charge on any atom is 0.264 e. The highest BCUT2D eigenvalue weighted by molar-refractivity contribution is 7.15. The molecule has 0 bridgehead atoms. The minimum Gasteiger partial charge on any atom is -0.369 e. The summed E-state index contributed by atoms with van der Waals surface area (Å²) in [5, 5.41) is 17.0. The summed E-state index contributed by atoms with van der Waals surface area (Å²) in [5.41, 5.74) is 5.05. The lowest BCUT2D eigenvalue weighted by Gasteiger charge is -2.52. The molecule has 0 spiro atoms. The number of hydrogen-bond donors (Lipinski definition) is 1. The minimum atomic E-state index is -1.03. The largest absolute Gasteiger partial charge is 0.369 e. The molecule has 3 saturated heterocycles. The lowest BCUT2D eigenvalue weighted by molar-refractivity contribution is -0.136. The number of aryl methyl sites for hydroxylation is 1. The highest BCUT2D eigenvalue weighted by atomic mass is 32.1. The number of ether oxygens (including phenoxy) is 1. The summed E-state index contributed by atoms with van der Waals surface area (Å²) in [7, 11) is 2.15. The van der Waals surface area contributed by atoms with Gasteiger partial charge in [0.2, 0.25) is 11.8 Å². The molecule has 2 aromatic carbocycles. The van der Waals surface area contributed by atoms with Gasteiger partial charge in [0.1, 0.15) is 23.5 Å². The topological polar surface area (TPSA) is 151 Å². The van der Waals surface area contributed by atoms with Gasteiger partial charge >= 0.3 is 0 Å². The Kier molecular flexibility index (Phi) is 9.71. The number of hydrogen-bond acceptors (Lipinski definition) is 12. The average Bonchev–Trinajstić information content (AvgIpc) is 3.97. The maximum absolute atomic E-state index is 14.0. The molecule has 15 nitrogen and oxygen atoms in total. The van der Waals surface area contributed by atoms with E-state index in [4.69, 9.17) is 9.84 Å². The fourth-order valence-electron chi connectivity index (χ4n) is 9.14. The van der Waals surface area contributed by atoms with Crippen molar-refractivity contribution in [1.29, 1.82) is 0 Å². The third-order valence-corrected chi connectivity index (χ3v) is 13.7. The van der Waals surface area contributed by atoms with Gasteiger partial charge in [-0.1, -0.05) is 48.2 Å². The number of carbonyl (C=O) groups excluding carboxylic acids is 4. The molecule has 5 aliphatic heterocycles. The number of likely N-dealkylation sites (N-methyl/N-ethyl adjacent to an activating group) is 1. The van der Waals surface area contributed by atoms with Crippen molar-refractivity contribution >= 4 is 40.7 Å². The lowest BCUT2D eigenvalue weighted by atomic mass is 9.84. The predicted octanol–water partition coefficient (Wildman–Crippen LogP) is 3.11. The molecule has 8 heterocycles. The van der Waals surface area contributed by atoms with Crippen LogP contribution in [0.5, 0.6) is 0 Å². The van der Waals surface area contributed by atoms with Crippen molar-refractivity contribution in [3.05, 3.63) is 111 Å². The molecule has 16 heteroatoms. The van der Waals surface area contributed by atoms with Crippen molar-refractivity contribution in [2.75, 3.05) is 57.8 Å². The number of carbonyl (C=O) groups is 4. The molecule has 1 N–H and O–H groups in total. The second kappa shape index (κ2) is 15.2. The second-order valence-corrected chi connectivity index (χ2v) is 17.4. The van der Waals surface area contributed by atoms with Crippen LogP contribution in [0.1, 0.15) is 78.8 Å². The maximum atomic E-state index is 14.0. The van der Waals surface area contributed by atoms with E-state index in [1.54, 1.807) is 23.5 Å². The van der Waals surface area contributed by atoms with Crippen molar-refractivity contribution < 1.29 is 23.9 Å². The first-order chi connectivity index (χ1) is 29.2. The first-order valence-corrected chi connectivity index (χ1v) is 21.2. The fourth-order valence-corrected chi connectivity index (χ4v) is 10.4. The van der Waals surface area contributed by atoms with Crippen LogP contribution < -0.4 is 10.2 Å². The molecule has 5 aliphatic rings. The van der Waals surface area contributed by atoms with E-state index in [0.717, 1.165) is 82.3 Å². The summed E-state index contributed by atoms with van der Waals surface area (Å²) in [6.07, 6.45) is 5.57. The molecule has 0 aliphatic carbocycles. The molecule has 3 fully saturated rings. The van der Waals surface area contributed by atoms with Crippen LogP contribution in [0.2, 0.25) is 0 Å². The Morgan fingerprint density at radius 3 is 2.57 bits per heavy atom. The third-order valence-electron chi connectivity index (χ3n) is 12.5. The number of fused-ring (bicyclic) bond motifs is 4. The Bertz CT molecular complexity index is 2610. The van der Waals surface area contributed by atoms with E-state index in [-0.39, 0.29) is 18.4 Å². The van der Waals surface area contributed by atoms with E-state index >= 15 is 0 Å². The number of imide groups is 2. The van der Waals surface area contributed by atoms with Crippen LogP contribution in [-0.4, -0.2) is 122 Å². The number of rotatable bonds is 8. The molecule has 1 atom stereocenters. The average molecular weight is 825 g/mol.